The highest BCUT2D eigenvalue weighted by atomic mass is 16.1. The highest BCUT2D eigenvalue weighted by Crippen LogP contribution is 2.14. The number of nitrogens with zero attached hydrogens (tertiary/aromatic N) is 2. The van der Waals surface area contributed by atoms with E-state index in [0.717, 1.165) is 35.9 Å². The lowest BCUT2D eigenvalue weighted by Gasteiger charge is -2.23. The molecule has 4 heteroatoms. The number of benzene rings is 1. The van der Waals surface area contributed by atoms with Gasteiger partial charge in [0, 0.05) is 18.0 Å². The first-order chi connectivity index (χ1) is 10.3. The molecule has 2 aromatic rings. The summed E-state index contributed by atoms with van der Waals surface area (Å²) in [5.41, 5.74) is 1.06. The summed E-state index contributed by atoms with van der Waals surface area (Å²) in [7, 11) is 0. The molecule has 0 amide bonds. The largest absolute Gasteiger partial charge is 0.314 e. The van der Waals surface area contributed by atoms with Gasteiger partial charge in [-0.1, -0.05) is 31.5 Å². The number of nitrogens with one attached hydrogen (secondary N) is 1. The van der Waals surface area contributed by atoms with Gasteiger partial charge in [0.1, 0.15) is 0 Å². The van der Waals surface area contributed by atoms with Crippen LogP contribution in [0.15, 0.2) is 29.1 Å². The normalized spacial score (nSPS) is 19.0. The molecule has 1 aliphatic heterocycles. The third-order valence-corrected chi connectivity index (χ3v) is 4.38. The van der Waals surface area contributed by atoms with Gasteiger partial charge in [-0.2, -0.15) is 5.10 Å². The van der Waals surface area contributed by atoms with Crippen LogP contribution in [0.3, 0.4) is 0 Å². The van der Waals surface area contributed by atoms with E-state index >= 15 is 0 Å². The molecule has 4 nitrogen and oxygen atoms in total. The monoisotopic (exact) mass is 285 g/mol. The average molecular weight is 285 g/mol. The highest BCUT2D eigenvalue weighted by molar-refractivity contribution is 5.83. The molecule has 0 aliphatic carbocycles. The van der Waals surface area contributed by atoms with Crippen LogP contribution in [0.25, 0.3) is 10.8 Å². The third kappa shape index (κ3) is 3.00. The Morgan fingerprint density at radius 3 is 2.81 bits per heavy atom. The van der Waals surface area contributed by atoms with Gasteiger partial charge < -0.3 is 5.32 Å². The second-order valence-corrected chi connectivity index (χ2v) is 5.81. The first kappa shape index (κ1) is 14.3. The van der Waals surface area contributed by atoms with Crippen molar-refractivity contribution in [3.05, 3.63) is 40.3 Å². The summed E-state index contributed by atoms with van der Waals surface area (Å²) in [6.45, 7) is 3.89. The first-order valence-electron chi connectivity index (χ1n) is 8.01. The van der Waals surface area contributed by atoms with Crippen molar-refractivity contribution in [3.8, 4) is 0 Å². The van der Waals surface area contributed by atoms with Gasteiger partial charge in [0.2, 0.25) is 0 Å². The summed E-state index contributed by atoms with van der Waals surface area (Å²) in [4.78, 5) is 12.5. The highest BCUT2D eigenvalue weighted by Gasteiger charge is 2.14. The summed E-state index contributed by atoms with van der Waals surface area (Å²) >= 11 is 0. The van der Waals surface area contributed by atoms with E-state index < -0.39 is 0 Å². The maximum atomic E-state index is 12.5. The molecule has 1 aromatic carbocycles. The quantitative estimate of drug-likeness (QED) is 0.939. The molecule has 0 saturated carbocycles. The van der Waals surface area contributed by atoms with Crippen molar-refractivity contribution in [2.24, 2.45) is 0 Å². The van der Waals surface area contributed by atoms with Gasteiger partial charge in [-0.05, 0) is 38.3 Å². The van der Waals surface area contributed by atoms with Gasteiger partial charge in [-0.25, -0.2) is 4.68 Å². The van der Waals surface area contributed by atoms with Crippen molar-refractivity contribution in [3.63, 3.8) is 0 Å². The van der Waals surface area contributed by atoms with Crippen LogP contribution in [0.5, 0.6) is 0 Å². The summed E-state index contributed by atoms with van der Waals surface area (Å²) in [6.07, 6.45) is 5.60. The molecule has 0 spiro atoms. The van der Waals surface area contributed by atoms with Crippen molar-refractivity contribution < 1.29 is 0 Å². The Kier molecular flexibility index (Phi) is 4.34. The van der Waals surface area contributed by atoms with E-state index in [0.29, 0.717) is 12.6 Å². The summed E-state index contributed by atoms with van der Waals surface area (Å²) in [5.74, 6) is 0. The van der Waals surface area contributed by atoms with E-state index in [4.69, 9.17) is 0 Å². The van der Waals surface area contributed by atoms with Crippen LogP contribution in [0.2, 0.25) is 0 Å². The van der Waals surface area contributed by atoms with Gasteiger partial charge in [0.05, 0.1) is 11.1 Å². The van der Waals surface area contributed by atoms with E-state index in [1.807, 2.05) is 24.3 Å². The molecule has 0 radical (unpaired) electrons. The van der Waals surface area contributed by atoms with Crippen molar-refractivity contribution in [1.29, 1.82) is 0 Å². The van der Waals surface area contributed by atoms with Crippen molar-refractivity contribution >= 4 is 10.8 Å². The standard InChI is InChI=1S/C17H23N3O/c1-2-16-14-8-3-4-9-15(14)17(21)20(19-16)12-10-13-7-5-6-11-18-13/h3-4,8-9,13,18H,2,5-7,10-12H2,1H3/t13-/m1/s1. The van der Waals surface area contributed by atoms with Crippen LogP contribution in [0.4, 0.5) is 0 Å². The third-order valence-electron chi connectivity index (χ3n) is 4.38. The summed E-state index contributed by atoms with van der Waals surface area (Å²) < 4.78 is 1.66. The van der Waals surface area contributed by atoms with Gasteiger partial charge in [0.25, 0.3) is 5.56 Å². The molecule has 3 rings (SSSR count). The molecular weight excluding hydrogens is 262 g/mol. The minimum absolute atomic E-state index is 0.0404. The Balaban J connectivity index is 1.87. The smallest absolute Gasteiger partial charge is 0.274 e. The number of aromatic nitrogens is 2. The van der Waals surface area contributed by atoms with Crippen molar-refractivity contribution in [2.45, 2.75) is 51.6 Å². The van der Waals surface area contributed by atoms with Crippen molar-refractivity contribution in [1.82, 2.24) is 15.1 Å². The summed E-state index contributed by atoms with van der Waals surface area (Å²) in [6, 6.07) is 8.34. The molecule has 2 heterocycles. The molecule has 1 atom stereocenters. The van der Waals surface area contributed by atoms with Gasteiger partial charge in [0.15, 0.2) is 0 Å². The molecule has 0 bridgehead atoms. The van der Waals surface area contributed by atoms with Crippen molar-refractivity contribution in [2.75, 3.05) is 6.54 Å². The fraction of sp³-hybridized carbons (Fsp3) is 0.529. The lowest BCUT2D eigenvalue weighted by molar-refractivity contribution is 0.357. The van der Waals surface area contributed by atoms with Crippen LogP contribution in [-0.2, 0) is 13.0 Å². The van der Waals surface area contributed by atoms with Crippen LogP contribution in [0, 0.1) is 0 Å². The van der Waals surface area contributed by atoms with Crippen LogP contribution >= 0.6 is 0 Å². The van der Waals surface area contributed by atoms with Gasteiger partial charge in [-0.3, -0.25) is 4.79 Å². The number of aryl methyl sites for hydroxylation is 2. The second-order valence-electron chi connectivity index (χ2n) is 5.81. The number of piperidine rings is 1. The Morgan fingerprint density at radius 1 is 1.29 bits per heavy atom. The van der Waals surface area contributed by atoms with Gasteiger partial charge >= 0.3 is 0 Å². The fourth-order valence-corrected chi connectivity index (χ4v) is 3.17. The predicted molar refractivity (Wildman–Crippen MR) is 85.6 cm³/mol. The van der Waals surface area contributed by atoms with E-state index in [9.17, 15) is 4.79 Å². The number of fused-ring (bicyclic) bond motifs is 1. The van der Waals surface area contributed by atoms with Gasteiger partial charge in [-0.15, -0.1) is 0 Å². The second kappa shape index (κ2) is 6.39. The maximum absolute atomic E-state index is 12.5. The number of hydrogen-bond donors (Lipinski definition) is 1. The zero-order chi connectivity index (χ0) is 14.7. The lowest BCUT2D eigenvalue weighted by atomic mass is 10.0. The Bertz CT molecular complexity index is 671. The molecule has 1 aliphatic rings. The minimum Gasteiger partial charge on any atom is -0.314 e. The van der Waals surface area contributed by atoms with E-state index in [-0.39, 0.29) is 5.56 Å². The zero-order valence-corrected chi connectivity index (χ0v) is 12.6. The Morgan fingerprint density at radius 2 is 2.10 bits per heavy atom. The number of rotatable bonds is 4. The first-order valence-corrected chi connectivity index (χ1v) is 8.01. The van der Waals surface area contributed by atoms with E-state index in [2.05, 4.69) is 17.3 Å². The minimum atomic E-state index is 0.0404. The molecular formula is C17H23N3O. The topological polar surface area (TPSA) is 46.9 Å². The van der Waals surface area contributed by atoms with E-state index in [1.165, 1.54) is 19.3 Å². The fourth-order valence-electron chi connectivity index (χ4n) is 3.17. The summed E-state index contributed by atoms with van der Waals surface area (Å²) in [5, 5.41) is 9.90. The predicted octanol–water partition coefficient (Wildman–Crippen LogP) is 2.49. The SMILES string of the molecule is CCc1nn(CC[C@H]2CCCCN2)c(=O)c2ccccc12. The molecule has 0 unspecified atom stereocenters. The van der Waals surface area contributed by atoms with Crippen LogP contribution in [0.1, 0.15) is 38.3 Å². The van der Waals surface area contributed by atoms with E-state index in [1.54, 1.807) is 4.68 Å². The molecule has 1 saturated heterocycles. The zero-order valence-electron chi connectivity index (χ0n) is 12.6. The molecule has 1 aromatic heterocycles. The molecule has 1 N–H and O–H groups in total. The average Bonchev–Trinajstić information content (AvgIpc) is 2.55. The number of hydrogen-bond acceptors (Lipinski definition) is 3. The Hall–Kier alpha value is -1.68. The molecule has 21 heavy (non-hydrogen) atoms. The van der Waals surface area contributed by atoms with Crippen LogP contribution in [-0.4, -0.2) is 22.4 Å². The molecule has 112 valence electrons. The van der Waals surface area contributed by atoms with Crippen LogP contribution < -0.4 is 10.9 Å². The maximum Gasteiger partial charge on any atom is 0.274 e. The lowest BCUT2D eigenvalue weighted by Crippen LogP contribution is -2.36. The molecule has 1 fully saturated rings. The Labute approximate surface area is 125 Å².